The number of imidazole rings is 1. The van der Waals surface area contributed by atoms with Gasteiger partial charge >= 0.3 is 17.8 Å². The number of ketones is 1. The van der Waals surface area contributed by atoms with Crippen LogP contribution in [0.2, 0.25) is 0 Å². The van der Waals surface area contributed by atoms with Gasteiger partial charge in [-0.3, -0.25) is 4.79 Å². The third-order valence-electron chi connectivity index (χ3n) is 2.49. The highest BCUT2D eigenvalue weighted by Gasteiger charge is 2.63. The molecule has 0 saturated carbocycles. The molecule has 0 fully saturated rings. The standard InChI is InChI=1S/C10H4BrF5N2O2/c11-4-2-6-5(17-8(20)18-6)1-3(4)7(19)9(12,13)10(14,15)16/h1-2H,(H2,17,18,20). The number of carbonyl (C=O) groups is 1. The molecule has 0 atom stereocenters. The summed E-state index contributed by atoms with van der Waals surface area (Å²) in [6.07, 6.45) is -6.00. The Morgan fingerprint density at radius 3 is 2.05 bits per heavy atom. The van der Waals surface area contributed by atoms with Crippen molar-refractivity contribution in [1.82, 2.24) is 9.97 Å². The number of alkyl halides is 5. The third-order valence-corrected chi connectivity index (χ3v) is 3.15. The minimum atomic E-state index is -6.00. The molecule has 108 valence electrons. The molecular weight excluding hydrogens is 355 g/mol. The summed E-state index contributed by atoms with van der Waals surface area (Å²) in [5.74, 6) is -7.92. The Bertz CT molecular complexity index is 746. The molecule has 0 saturated heterocycles. The third kappa shape index (κ3) is 2.23. The SMILES string of the molecule is O=C(c1cc2[nH]c(=O)[nH]c2cc1Br)C(F)(F)C(F)(F)F. The van der Waals surface area contributed by atoms with Crippen LogP contribution in [0.5, 0.6) is 0 Å². The molecule has 0 bridgehead atoms. The Morgan fingerprint density at radius 2 is 1.55 bits per heavy atom. The van der Waals surface area contributed by atoms with Crippen molar-refractivity contribution in [1.29, 1.82) is 0 Å². The average molecular weight is 359 g/mol. The second-order valence-electron chi connectivity index (χ2n) is 3.86. The minimum absolute atomic E-state index is 0.0560. The second kappa shape index (κ2) is 4.40. The quantitative estimate of drug-likeness (QED) is 0.640. The first-order chi connectivity index (χ1) is 9.04. The fourth-order valence-corrected chi connectivity index (χ4v) is 2.05. The molecule has 0 aliphatic carbocycles. The molecule has 10 heteroatoms. The van der Waals surface area contributed by atoms with Gasteiger partial charge in [0.05, 0.1) is 11.0 Å². The van der Waals surface area contributed by atoms with E-state index in [1.807, 2.05) is 0 Å². The summed E-state index contributed by atoms with van der Waals surface area (Å²) in [5, 5.41) is 0. The molecule has 1 aromatic carbocycles. The Morgan fingerprint density at radius 1 is 1.05 bits per heavy atom. The highest BCUT2D eigenvalue weighted by Crippen LogP contribution is 2.39. The molecule has 1 aromatic heterocycles. The van der Waals surface area contributed by atoms with Crippen molar-refractivity contribution in [2.75, 3.05) is 0 Å². The van der Waals surface area contributed by atoms with Crippen molar-refractivity contribution in [2.45, 2.75) is 12.1 Å². The lowest BCUT2D eigenvalue weighted by Gasteiger charge is -2.18. The van der Waals surface area contributed by atoms with Crippen molar-refractivity contribution >= 4 is 32.7 Å². The number of H-pyrrole nitrogens is 2. The number of hydrogen-bond acceptors (Lipinski definition) is 2. The van der Waals surface area contributed by atoms with Gasteiger partial charge in [-0.2, -0.15) is 22.0 Å². The molecule has 1 heterocycles. The Balaban J connectivity index is 2.60. The lowest BCUT2D eigenvalue weighted by atomic mass is 10.0. The summed E-state index contributed by atoms with van der Waals surface area (Å²) in [6.45, 7) is 0. The summed E-state index contributed by atoms with van der Waals surface area (Å²) >= 11 is 2.73. The fraction of sp³-hybridized carbons (Fsp3) is 0.200. The summed E-state index contributed by atoms with van der Waals surface area (Å²) < 4.78 is 62.3. The van der Waals surface area contributed by atoms with Crippen molar-refractivity contribution < 1.29 is 26.7 Å². The number of fused-ring (bicyclic) bond motifs is 1. The molecule has 0 aliphatic heterocycles. The van der Waals surface area contributed by atoms with Gasteiger partial charge in [0.2, 0.25) is 5.78 Å². The van der Waals surface area contributed by atoms with E-state index in [-0.39, 0.29) is 15.5 Å². The van der Waals surface area contributed by atoms with E-state index >= 15 is 0 Å². The molecular formula is C10H4BrF5N2O2. The maximum absolute atomic E-state index is 13.0. The van der Waals surface area contributed by atoms with Crippen LogP contribution in [-0.4, -0.2) is 27.9 Å². The molecule has 0 spiro atoms. The number of hydrogen-bond donors (Lipinski definition) is 2. The highest BCUT2D eigenvalue weighted by molar-refractivity contribution is 9.10. The van der Waals surface area contributed by atoms with Crippen LogP contribution >= 0.6 is 15.9 Å². The van der Waals surface area contributed by atoms with Gasteiger partial charge in [-0.05, 0) is 28.1 Å². The molecule has 0 aliphatic rings. The van der Waals surface area contributed by atoms with E-state index in [0.717, 1.165) is 12.1 Å². The largest absolute Gasteiger partial charge is 0.461 e. The van der Waals surface area contributed by atoms with Gasteiger partial charge in [0.1, 0.15) is 0 Å². The fourth-order valence-electron chi connectivity index (χ4n) is 1.53. The lowest BCUT2D eigenvalue weighted by molar-refractivity contribution is -0.255. The first-order valence-corrected chi connectivity index (χ1v) is 5.74. The van der Waals surface area contributed by atoms with Crippen LogP contribution in [-0.2, 0) is 0 Å². The number of Topliss-reactive ketones (excluding diaryl/α,β-unsaturated/α-hetero) is 1. The Kier molecular flexibility index (Phi) is 3.23. The number of carbonyl (C=O) groups excluding carboxylic acids is 1. The maximum atomic E-state index is 13.0. The van der Waals surface area contributed by atoms with Crippen molar-refractivity contribution in [2.24, 2.45) is 0 Å². The first kappa shape index (κ1) is 14.7. The average Bonchev–Trinajstić information content (AvgIpc) is 2.64. The van der Waals surface area contributed by atoms with E-state index in [1.165, 1.54) is 0 Å². The van der Waals surface area contributed by atoms with Crippen LogP contribution in [0.25, 0.3) is 11.0 Å². The molecule has 2 rings (SSSR count). The molecule has 0 unspecified atom stereocenters. The minimum Gasteiger partial charge on any atom is -0.306 e. The van der Waals surface area contributed by atoms with Crippen LogP contribution < -0.4 is 5.69 Å². The Hall–Kier alpha value is -1.71. The number of nitrogens with one attached hydrogen (secondary N) is 2. The van der Waals surface area contributed by atoms with Crippen molar-refractivity contribution in [3.05, 3.63) is 32.7 Å². The summed E-state index contributed by atoms with van der Waals surface area (Å²) in [6, 6.07) is 1.81. The van der Waals surface area contributed by atoms with Crippen molar-refractivity contribution in [3.8, 4) is 0 Å². The number of aromatic amines is 2. The summed E-state index contributed by atoms with van der Waals surface area (Å²) in [5.41, 5.74) is -1.46. The van der Waals surface area contributed by atoms with Crippen LogP contribution in [0.4, 0.5) is 22.0 Å². The predicted molar refractivity (Wildman–Crippen MR) is 62.0 cm³/mol. The Labute approximate surface area is 115 Å². The molecule has 20 heavy (non-hydrogen) atoms. The van der Waals surface area contributed by atoms with Gasteiger partial charge < -0.3 is 9.97 Å². The van der Waals surface area contributed by atoms with Gasteiger partial charge in [-0.25, -0.2) is 4.79 Å². The second-order valence-corrected chi connectivity index (χ2v) is 4.71. The van der Waals surface area contributed by atoms with Crippen LogP contribution in [0, 0.1) is 0 Å². The molecule has 0 radical (unpaired) electrons. The highest BCUT2D eigenvalue weighted by atomic mass is 79.9. The van der Waals surface area contributed by atoms with Crippen LogP contribution in [0.15, 0.2) is 21.4 Å². The zero-order chi connectivity index (χ0) is 15.3. The van der Waals surface area contributed by atoms with Gasteiger partial charge in [0.25, 0.3) is 0 Å². The normalized spacial score (nSPS) is 12.9. The monoisotopic (exact) mass is 358 g/mol. The predicted octanol–water partition coefficient (Wildman–Crippen LogP) is 3.00. The molecule has 2 N–H and O–H groups in total. The molecule has 2 aromatic rings. The number of benzene rings is 1. The van der Waals surface area contributed by atoms with E-state index in [4.69, 9.17) is 0 Å². The zero-order valence-electron chi connectivity index (χ0n) is 9.24. The van der Waals surface area contributed by atoms with E-state index in [1.54, 1.807) is 0 Å². The van der Waals surface area contributed by atoms with Crippen LogP contribution in [0.3, 0.4) is 0 Å². The zero-order valence-corrected chi connectivity index (χ0v) is 10.8. The smallest absolute Gasteiger partial charge is 0.306 e. The van der Waals surface area contributed by atoms with Gasteiger partial charge in [0, 0.05) is 10.0 Å². The van der Waals surface area contributed by atoms with E-state index in [2.05, 4.69) is 25.9 Å². The van der Waals surface area contributed by atoms with Crippen molar-refractivity contribution in [3.63, 3.8) is 0 Å². The van der Waals surface area contributed by atoms with E-state index in [9.17, 15) is 31.5 Å². The van der Waals surface area contributed by atoms with Gasteiger partial charge in [-0.1, -0.05) is 0 Å². The van der Waals surface area contributed by atoms with E-state index in [0.29, 0.717) is 0 Å². The summed E-state index contributed by atoms with van der Waals surface area (Å²) in [4.78, 5) is 26.8. The number of halogens is 6. The maximum Gasteiger partial charge on any atom is 0.461 e. The first-order valence-electron chi connectivity index (χ1n) is 4.95. The lowest BCUT2D eigenvalue weighted by Crippen LogP contribution is -2.44. The summed E-state index contributed by atoms with van der Waals surface area (Å²) in [7, 11) is 0. The van der Waals surface area contributed by atoms with Gasteiger partial charge in [0.15, 0.2) is 0 Å². The number of aromatic nitrogens is 2. The van der Waals surface area contributed by atoms with Crippen LogP contribution in [0.1, 0.15) is 10.4 Å². The number of rotatable bonds is 2. The topological polar surface area (TPSA) is 65.7 Å². The van der Waals surface area contributed by atoms with Gasteiger partial charge in [-0.15, -0.1) is 0 Å². The molecule has 0 amide bonds. The van der Waals surface area contributed by atoms with E-state index < -0.39 is 29.1 Å². The molecule has 4 nitrogen and oxygen atoms in total.